The molecular weight excluding hydrogens is 268 g/mol. The molecule has 0 aliphatic carbocycles. The third-order valence-corrected chi connectivity index (χ3v) is 4.02. The molecule has 0 saturated carbocycles. The Morgan fingerprint density at radius 3 is 3.11 bits per heavy atom. The molecule has 0 N–H and O–H groups in total. The lowest BCUT2D eigenvalue weighted by Crippen LogP contribution is -2.29. The molecule has 1 aliphatic heterocycles. The Morgan fingerprint density at radius 1 is 1.56 bits per heavy atom. The Hall–Kier alpha value is -1.07. The Bertz CT molecular complexity index is 459. The van der Waals surface area contributed by atoms with Crippen LogP contribution in [-0.4, -0.2) is 29.1 Å². The molecule has 1 aliphatic rings. The molecule has 1 heterocycles. The van der Waals surface area contributed by atoms with Gasteiger partial charge in [-0.15, -0.1) is 0 Å². The fourth-order valence-electron chi connectivity index (χ4n) is 1.73. The second-order valence-corrected chi connectivity index (χ2v) is 5.48. The first-order chi connectivity index (χ1) is 8.72. The SMILES string of the molecule is CCOC(=S)SCC1COc2ccccc2C1=O. The molecule has 1 aromatic carbocycles. The van der Waals surface area contributed by atoms with Crippen molar-refractivity contribution in [1.29, 1.82) is 0 Å². The van der Waals surface area contributed by atoms with Crippen molar-refractivity contribution in [3.63, 3.8) is 0 Å². The lowest BCUT2D eigenvalue weighted by molar-refractivity contribution is 0.0853. The van der Waals surface area contributed by atoms with Gasteiger partial charge in [0.05, 0.1) is 24.7 Å². The number of carbonyl (C=O) groups excluding carboxylic acids is 1. The molecule has 3 nitrogen and oxygen atoms in total. The second kappa shape index (κ2) is 6.20. The van der Waals surface area contributed by atoms with Crippen LogP contribution in [0, 0.1) is 5.92 Å². The molecule has 0 aromatic heterocycles. The van der Waals surface area contributed by atoms with Gasteiger partial charge in [0, 0.05) is 5.75 Å². The van der Waals surface area contributed by atoms with Crippen LogP contribution in [0.25, 0.3) is 0 Å². The Balaban J connectivity index is 1.97. The molecule has 2 rings (SSSR count). The van der Waals surface area contributed by atoms with Gasteiger partial charge in [0.15, 0.2) is 5.78 Å². The van der Waals surface area contributed by atoms with Gasteiger partial charge in [0.2, 0.25) is 4.38 Å². The largest absolute Gasteiger partial charge is 0.492 e. The number of ketones is 1. The van der Waals surface area contributed by atoms with E-state index < -0.39 is 0 Å². The number of benzene rings is 1. The summed E-state index contributed by atoms with van der Waals surface area (Å²) in [6.07, 6.45) is 0. The minimum Gasteiger partial charge on any atom is -0.492 e. The zero-order chi connectivity index (χ0) is 13.0. The minimum absolute atomic E-state index is 0.128. The first-order valence-electron chi connectivity index (χ1n) is 5.78. The summed E-state index contributed by atoms with van der Waals surface area (Å²) in [7, 11) is 0. The smallest absolute Gasteiger partial charge is 0.219 e. The van der Waals surface area contributed by atoms with E-state index in [0.717, 1.165) is 0 Å². The van der Waals surface area contributed by atoms with Crippen LogP contribution in [0.1, 0.15) is 17.3 Å². The van der Waals surface area contributed by atoms with E-state index in [0.29, 0.717) is 34.7 Å². The zero-order valence-corrected chi connectivity index (χ0v) is 11.7. The van der Waals surface area contributed by atoms with Gasteiger partial charge >= 0.3 is 0 Å². The summed E-state index contributed by atoms with van der Waals surface area (Å²) in [6, 6.07) is 7.34. The van der Waals surface area contributed by atoms with Crippen LogP contribution < -0.4 is 4.74 Å². The monoisotopic (exact) mass is 282 g/mol. The van der Waals surface area contributed by atoms with Crippen LogP contribution in [0.2, 0.25) is 0 Å². The molecule has 0 bridgehead atoms. The van der Waals surface area contributed by atoms with Crippen molar-refractivity contribution < 1.29 is 14.3 Å². The lowest BCUT2D eigenvalue weighted by Gasteiger charge is -2.23. The molecule has 0 spiro atoms. The van der Waals surface area contributed by atoms with Crippen LogP contribution >= 0.6 is 24.0 Å². The Labute approximate surface area is 116 Å². The van der Waals surface area contributed by atoms with Gasteiger partial charge in [-0.2, -0.15) is 0 Å². The maximum Gasteiger partial charge on any atom is 0.219 e. The van der Waals surface area contributed by atoms with Crippen molar-refractivity contribution in [2.24, 2.45) is 5.92 Å². The zero-order valence-electron chi connectivity index (χ0n) is 10.0. The number of para-hydroxylation sites is 1. The summed E-state index contributed by atoms with van der Waals surface area (Å²) < 4.78 is 11.3. The van der Waals surface area contributed by atoms with E-state index in [1.807, 2.05) is 25.1 Å². The molecule has 1 unspecified atom stereocenters. The van der Waals surface area contributed by atoms with Gasteiger partial charge in [-0.25, -0.2) is 0 Å². The van der Waals surface area contributed by atoms with Crippen LogP contribution in [-0.2, 0) is 4.74 Å². The van der Waals surface area contributed by atoms with Crippen LogP contribution in [0.3, 0.4) is 0 Å². The highest BCUT2D eigenvalue weighted by Gasteiger charge is 2.28. The summed E-state index contributed by atoms with van der Waals surface area (Å²) in [5, 5.41) is 0. The third-order valence-electron chi connectivity index (χ3n) is 2.63. The fraction of sp³-hybridized carbons (Fsp3) is 0.385. The summed E-state index contributed by atoms with van der Waals surface area (Å²) in [5.74, 6) is 1.26. The highest BCUT2D eigenvalue weighted by molar-refractivity contribution is 8.22. The standard InChI is InChI=1S/C13H14O3S2/c1-2-15-13(17)18-8-9-7-16-11-6-4-3-5-10(11)12(9)14/h3-6,9H,2,7-8H2,1H3. The van der Waals surface area contributed by atoms with E-state index in [1.165, 1.54) is 11.8 Å². The minimum atomic E-state index is -0.150. The number of hydrogen-bond acceptors (Lipinski definition) is 5. The van der Waals surface area contributed by atoms with E-state index in [1.54, 1.807) is 6.07 Å². The van der Waals surface area contributed by atoms with Crippen molar-refractivity contribution in [1.82, 2.24) is 0 Å². The lowest BCUT2D eigenvalue weighted by atomic mass is 9.97. The Morgan fingerprint density at radius 2 is 2.33 bits per heavy atom. The molecular formula is C13H14O3S2. The van der Waals surface area contributed by atoms with Gasteiger partial charge in [0.25, 0.3) is 0 Å². The summed E-state index contributed by atoms with van der Waals surface area (Å²) in [6.45, 7) is 2.86. The first kappa shape index (κ1) is 13.4. The predicted octanol–water partition coefficient (Wildman–Crippen LogP) is 2.93. The maximum atomic E-state index is 12.2. The number of thioether (sulfide) groups is 1. The molecule has 0 saturated heterocycles. The highest BCUT2D eigenvalue weighted by Crippen LogP contribution is 2.28. The Kier molecular flexibility index (Phi) is 4.60. The number of thiocarbonyl (C=S) groups is 1. The van der Waals surface area contributed by atoms with Gasteiger partial charge in [0.1, 0.15) is 5.75 Å². The predicted molar refractivity (Wildman–Crippen MR) is 76.4 cm³/mol. The summed E-state index contributed by atoms with van der Waals surface area (Å²) in [4.78, 5) is 12.2. The van der Waals surface area contributed by atoms with E-state index in [4.69, 9.17) is 21.7 Å². The van der Waals surface area contributed by atoms with Gasteiger partial charge < -0.3 is 9.47 Å². The topological polar surface area (TPSA) is 35.5 Å². The molecule has 18 heavy (non-hydrogen) atoms. The van der Waals surface area contributed by atoms with Gasteiger partial charge in [-0.05, 0) is 31.3 Å². The van der Waals surface area contributed by atoms with Crippen LogP contribution in [0.15, 0.2) is 24.3 Å². The number of ether oxygens (including phenoxy) is 2. The van der Waals surface area contributed by atoms with Crippen molar-refractivity contribution in [3.8, 4) is 5.75 Å². The van der Waals surface area contributed by atoms with Gasteiger partial charge in [-0.1, -0.05) is 23.9 Å². The molecule has 0 radical (unpaired) electrons. The van der Waals surface area contributed by atoms with E-state index in [2.05, 4.69) is 0 Å². The normalized spacial score (nSPS) is 17.8. The van der Waals surface area contributed by atoms with Crippen LogP contribution in [0.4, 0.5) is 0 Å². The van der Waals surface area contributed by atoms with Crippen molar-refractivity contribution in [2.75, 3.05) is 19.0 Å². The molecule has 1 aromatic rings. The second-order valence-electron chi connectivity index (χ2n) is 3.86. The average molecular weight is 282 g/mol. The number of fused-ring (bicyclic) bond motifs is 1. The van der Waals surface area contributed by atoms with Crippen molar-refractivity contribution >= 4 is 34.1 Å². The summed E-state index contributed by atoms with van der Waals surface area (Å²) in [5.41, 5.74) is 0.664. The highest BCUT2D eigenvalue weighted by atomic mass is 32.2. The third kappa shape index (κ3) is 3.03. The van der Waals surface area contributed by atoms with Crippen molar-refractivity contribution in [2.45, 2.75) is 6.92 Å². The molecule has 0 fully saturated rings. The van der Waals surface area contributed by atoms with Crippen LogP contribution in [0.5, 0.6) is 5.75 Å². The fourth-order valence-corrected chi connectivity index (χ4v) is 2.84. The molecule has 1 atom stereocenters. The number of carbonyl (C=O) groups is 1. The quantitative estimate of drug-likeness (QED) is 0.797. The summed E-state index contributed by atoms with van der Waals surface area (Å²) >= 11 is 6.42. The molecule has 5 heteroatoms. The molecule has 96 valence electrons. The number of Topliss-reactive ketones (excluding diaryl/α,β-unsaturated/α-hetero) is 1. The van der Waals surface area contributed by atoms with Crippen molar-refractivity contribution in [3.05, 3.63) is 29.8 Å². The maximum absolute atomic E-state index is 12.2. The average Bonchev–Trinajstić information content (AvgIpc) is 2.39. The van der Waals surface area contributed by atoms with Gasteiger partial charge in [-0.3, -0.25) is 4.79 Å². The van der Waals surface area contributed by atoms with E-state index in [-0.39, 0.29) is 11.7 Å². The van der Waals surface area contributed by atoms with E-state index >= 15 is 0 Å². The number of rotatable bonds is 3. The molecule has 0 amide bonds. The first-order valence-corrected chi connectivity index (χ1v) is 7.17. The van der Waals surface area contributed by atoms with E-state index in [9.17, 15) is 4.79 Å². The number of hydrogen-bond donors (Lipinski definition) is 0.